The Morgan fingerprint density at radius 1 is 0.789 bits per heavy atom. The molecule has 0 aromatic carbocycles. The third kappa shape index (κ3) is 13.9. The Kier molecular flexibility index (Phi) is 13.9. The van der Waals surface area contributed by atoms with Gasteiger partial charge in [-0.25, -0.2) is 4.79 Å². The van der Waals surface area contributed by atoms with Crippen molar-refractivity contribution in [1.29, 1.82) is 0 Å². The predicted octanol–water partition coefficient (Wildman–Crippen LogP) is 5.70. The Bertz CT molecular complexity index is 239. The average molecular weight is 333 g/mol. The first-order valence-corrected chi connectivity index (χ1v) is 8.77. The molecule has 112 valence electrons. The molecule has 0 amide bonds. The van der Waals surface area contributed by atoms with Gasteiger partial charge >= 0.3 is 5.97 Å². The molecular formula is C16H29BrO2. The molecule has 0 radical (unpaired) electrons. The van der Waals surface area contributed by atoms with Gasteiger partial charge in [-0.1, -0.05) is 80.3 Å². The van der Waals surface area contributed by atoms with Gasteiger partial charge in [0.25, 0.3) is 0 Å². The number of rotatable bonds is 14. The lowest BCUT2D eigenvalue weighted by Crippen LogP contribution is -1.98. The fourth-order valence-electron chi connectivity index (χ4n) is 2.13. The van der Waals surface area contributed by atoms with Gasteiger partial charge in [0.05, 0.1) is 0 Å². The molecule has 3 heteroatoms. The van der Waals surface area contributed by atoms with E-state index in [-0.39, 0.29) is 0 Å². The maximum atomic E-state index is 10.5. The number of carbonyl (C=O) groups is 1. The summed E-state index contributed by atoms with van der Waals surface area (Å²) in [5, 5.41) is 9.80. The highest BCUT2D eigenvalue weighted by molar-refractivity contribution is 9.09. The van der Waals surface area contributed by atoms with Crippen molar-refractivity contribution in [3.63, 3.8) is 0 Å². The molecule has 0 aliphatic rings. The van der Waals surface area contributed by atoms with Crippen molar-refractivity contribution in [3.05, 3.63) is 12.2 Å². The first-order chi connectivity index (χ1) is 9.18. The average Bonchev–Trinajstić information content (AvgIpc) is 2.39. The van der Waals surface area contributed by atoms with E-state index in [1.54, 1.807) is 0 Å². The van der Waals surface area contributed by atoms with Gasteiger partial charge in [-0.15, -0.1) is 0 Å². The van der Waals surface area contributed by atoms with Crippen molar-refractivity contribution < 1.29 is 9.90 Å². The van der Waals surface area contributed by atoms with Crippen LogP contribution in [0.1, 0.15) is 77.0 Å². The van der Waals surface area contributed by atoms with Gasteiger partial charge in [-0.2, -0.15) is 0 Å². The van der Waals surface area contributed by atoms with Crippen LogP contribution in [0.15, 0.2) is 12.2 Å². The van der Waals surface area contributed by atoms with E-state index in [1.807, 2.05) is 0 Å². The minimum Gasteiger partial charge on any atom is -0.478 e. The van der Waals surface area contributed by atoms with Crippen LogP contribution in [0.2, 0.25) is 0 Å². The van der Waals surface area contributed by atoms with Gasteiger partial charge in [0.2, 0.25) is 0 Å². The molecule has 2 nitrogen and oxygen atoms in total. The van der Waals surface area contributed by atoms with Crippen LogP contribution < -0.4 is 0 Å². The first kappa shape index (κ1) is 18.7. The molecule has 0 spiro atoms. The van der Waals surface area contributed by atoms with E-state index < -0.39 is 5.97 Å². The largest absolute Gasteiger partial charge is 0.478 e. The highest BCUT2D eigenvalue weighted by atomic mass is 79.9. The number of unbranched alkanes of at least 4 members (excludes halogenated alkanes) is 10. The second kappa shape index (κ2) is 14.1. The number of aliphatic carboxylic acids is 1. The predicted molar refractivity (Wildman–Crippen MR) is 86.0 cm³/mol. The zero-order valence-electron chi connectivity index (χ0n) is 12.1. The van der Waals surface area contributed by atoms with Crippen molar-refractivity contribution in [2.45, 2.75) is 77.0 Å². The van der Waals surface area contributed by atoms with E-state index in [2.05, 4.69) is 22.5 Å². The Balaban J connectivity index is 3.07. The normalized spacial score (nSPS) is 10.6. The second-order valence-corrected chi connectivity index (χ2v) is 6.03. The zero-order valence-corrected chi connectivity index (χ0v) is 13.7. The fourth-order valence-corrected chi connectivity index (χ4v) is 2.53. The van der Waals surface area contributed by atoms with Crippen LogP contribution in [0.3, 0.4) is 0 Å². The molecule has 0 aromatic rings. The number of carboxylic acid groups (broad SMARTS) is 1. The Morgan fingerprint density at radius 3 is 1.53 bits per heavy atom. The summed E-state index contributed by atoms with van der Waals surface area (Å²) in [6.07, 6.45) is 14.8. The van der Waals surface area contributed by atoms with Crippen LogP contribution >= 0.6 is 15.9 Å². The minimum atomic E-state index is -0.847. The molecular weight excluding hydrogens is 304 g/mol. The van der Waals surface area contributed by atoms with E-state index in [1.165, 1.54) is 57.8 Å². The van der Waals surface area contributed by atoms with E-state index in [9.17, 15) is 4.79 Å². The van der Waals surface area contributed by atoms with Gasteiger partial charge < -0.3 is 5.11 Å². The van der Waals surface area contributed by atoms with Crippen LogP contribution in [0.25, 0.3) is 0 Å². The Labute approximate surface area is 126 Å². The summed E-state index contributed by atoms with van der Waals surface area (Å²) in [7, 11) is 0. The van der Waals surface area contributed by atoms with E-state index in [0.29, 0.717) is 12.0 Å². The van der Waals surface area contributed by atoms with E-state index >= 15 is 0 Å². The maximum absolute atomic E-state index is 10.5. The lowest BCUT2D eigenvalue weighted by Gasteiger charge is -2.03. The van der Waals surface area contributed by atoms with Gasteiger partial charge in [-0.05, 0) is 19.3 Å². The first-order valence-electron chi connectivity index (χ1n) is 7.65. The molecule has 0 rings (SSSR count). The summed E-state index contributed by atoms with van der Waals surface area (Å²) in [4.78, 5) is 10.5. The van der Waals surface area contributed by atoms with Crippen molar-refractivity contribution in [1.82, 2.24) is 0 Å². The van der Waals surface area contributed by atoms with E-state index in [0.717, 1.165) is 18.2 Å². The van der Waals surface area contributed by atoms with Crippen LogP contribution in [0.4, 0.5) is 0 Å². The zero-order chi connectivity index (χ0) is 14.3. The van der Waals surface area contributed by atoms with Crippen LogP contribution in [0, 0.1) is 0 Å². The molecule has 0 saturated carbocycles. The van der Waals surface area contributed by atoms with Crippen molar-refractivity contribution in [2.24, 2.45) is 0 Å². The molecule has 0 fully saturated rings. The van der Waals surface area contributed by atoms with Gasteiger partial charge in [-0.3, -0.25) is 0 Å². The Hall–Kier alpha value is -0.310. The molecule has 1 N–H and O–H groups in total. The fraction of sp³-hybridized carbons (Fsp3) is 0.812. The number of alkyl halides is 1. The molecule has 0 aromatic heterocycles. The SMILES string of the molecule is C=C(CCCCCCCCCCCCCBr)C(=O)O. The number of halogens is 1. The third-order valence-corrected chi connectivity index (χ3v) is 3.98. The standard InChI is InChI=1S/C16H29BrO2/c1-15(16(18)19)13-11-9-7-5-3-2-4-6-8-10-12-14-17/h1-14H2,(H,18,19). The van der Waals surface area contributed by atoms with E-state index in [4.69, 9.17) is 5.11 Å². The molecule has 0 unspecified atom stereocenters. The molecule has 0 bridgehead atoms. The smallest absolute Gasteiger partial charge is 0.330 e. The lowest BCUT2D eigenvalue weighted by molar-refractivity contribution is -0.132. The highest BCUT2D eigenvalue weighted by Gasteiger charge is 2.02. The van der Waals surface area contributed by atoms with Gasteiger partial charge in [0, 0.05) is 10.9 Å². The monoisotopic (exact) mass is 332 g/mol. The van der Waals surface area contributed by atoms with Crippen molar-refractivity contribution >= 4 is 21.9 Å². The molecule has 0 aliphatic carbocycles. The third-order valence-electron chi connectivity index (χ3n) is 3.41. The Morgan fingerprint density at radius 2 is 1.16 bits per heavy atom. The van der Waals surface area contributed by atoms with Crippen LogP contribution in [0.5, 0.6) is 0 Å². The molecule has 0 atom stereocenters. The highest BCUT2D eigenvalue weighted by Crippen LogP contribution is 2.13. The number of hydrogen-bond donors (Lipinski definition) is 1. The summed E-state index contributed by atoms with van der Waals surface area (Å²) < 4.78 is 0. The quantitative estimate of drug-likeness (QED) is 0.251. The van der Waals surface area contributed by atoms with Crippen molar-refractivity contribution in [3.8, 4) is 0 Å². The summed E-state index contributed by atoms with van der Waals surface area (Å²) >= 11 is 3.45. The van der Waals surface area contributed by atoms with Crippen LogP contribution in [-0.2, 0) is 4.79 Å². The topological polar surface area (TPSA) is 37.3 Å². The summed E-state index contributed by atoms with van der Waals surface area (Å²) in [6.45, 7) is 3.54. The van der Waals surface area contributed by atoms with Crippen LogP contribution in [-0.4, -0.2) is 16.4 Å². The molecule has 0 aliphatic heterocycles. The maximum Gasteiger partial charge on any atom is 0.330 e. The second-order valence-electron chi connectivity index (χ2n) is 5.24. The molecule has 0 heterocycles. The van der Waals surface area contributed by atoms with Gasteiger partial charge in [0.1, 0.15) is 0 Å². The van der Waals surface area contributed by atoms with Gasteiger partial charge in [0.15, 0.2) is 0 Å². The van der Waals surface area contributed by atoms with Crippen molar-refractivity contribution in [2.75, 3.05) is 5.33 Å². The minimum absolute atomic E-state index is 0.350. The summed E-state index contributed by atoms with van der Waals surface area (Å²) in [5.41, 5.74) is 0.350. The summed E-state index contributed by atoms with van der Waals surface area (Å²) in [5.74, 6) is -0.847. The molecule has 0 saturated heterocycles. The summed E-state index contributed by atoms with van der Waals surface area (Å²) in [6, 6.07) is 0. The lowest BCUT2D eigenvalue weighted by atomic mass is 10.0. The number of hydrogen-bond acceptors (Lipinski definition) is 1. The molecule has 19 heavy (non-hydrogen) atoms. The number of carboxylic acids is 1.